The molecule has 0 amide bonds. The van der Waals surface area contributed by atoms with Crippen LogP contribution in [0.25, 0.3) is 4.96 Å². The average molecular weight is 150 g/mol. The third-order valence-corrected chi connectivity index (χ3v) is 2.64. The van der Waals surface area contributed by atoms with E-state index in [1.807, 2.05) is 12.4 Å². The van der Waals surface area contributed by atoms with Gasteiger partial charge in [0.2, 0.25) is 0 Å². The summed E-state index contributed by atoms with van der Waals surface area (Å²) in [6.45, 7) is 2.16. The van der Waals surface area contributed by atoms with Crippen molar-refractivity contribution in [1.29, 1.82) is 0 Å². The summed E-state index contributed by atoms with van der Waals surface area (Å²) in [5.74, 6) is 0. The molecule has 0 aliphatic rings. The first-order valence-electron chi connectivity index (χ1n) is 3.31. The molecule has 10 heavy (non-hydrogen) atoms. The van der Waals surface area contributed by atoms with E-state index < -0.39 is 0 Å². The van der Waals surface area contributed by atoms with Crippen molar-refractivity contribution in [3.8, 4) is 0 Å². The summed E-state index contributed by atoms with van der Waals surface area (Å²) in [7, 11) is 2.13. The normalized spacial score (nSPS) is 10.5. The molecule has 0 aliphatic heterocycles. The fourth-order valence-corrected chi connectivity index (χ4v) is 1.82. The van der Waals surface area contributed by atoms with Crippen LogP contribution in [0.4, 0.5) is 0 Å². The van der Waals surface area contributed by atoms with Crippen molar-refractivity contribution in [2.75, 3.05) is 0 Å². The van der Waals surface area contributed by atoms with Gasteiger partial charge in [-0.2, -0.15) is 0 Å². The van der Waals surface area contributed by atoms with Crippen molar-refractivity contribution in [3.05, 3.63) is 17.2 Å². The molecule has 0 atom stereocenters. The quantitative estimate of drug-likeness (QED) is 0.598. The molecule has 2 nitrogen and oxygen atoms in total. The third-order valence-electron chi connectivity index (χ3n) is 1.49. The minimum absolute atomic E-state index is 1.09. The molecule has 2 rings (SSSR count). The summed E-state index contributed by atoms with van der Waals surface area (Å²) in [6.07, 6.45) is 4.91. The molecule has 4 heteroatoms. The molecule has 0 saturated carbocycles. The van der Waals surface area contributed by atoms with Gasteiger partial charge in [-0.25, -0.2) is 0 Å². The molecule has 0 aliphatic carbocycles. The summed E-state index contributed by atoms with van der Waals surface area (Å²) >= 11 is 1.76. The zero-order chi connectivity index (χ0) is 6.97. The van der Waals surface area contributed by atoms with E-state index in [1.54, 1.807) is 11.3 Å². The predicted octanol–water partition coefficient (Wildman–Crippen LogP) is 1.30. The molecule has 0 radical (unpaired) electrons. The minimum atomic E-state index is 1.09. The van der Waals surface area contributed by atoms with Crippen LogP contribution in [0.2, 0.25) is 0 Å². The first kappa shape index (κ1) is 6.10. The molecule has 0 spiro atoms. The van der Waals surface area contributed by atoms with Gasteiger partial charge >= 0.3 is 63.2 Å². The summed E-state index contributed by atoms with van der Waals surface area (Å²) < 4.78 is 3.45. The number of fused-ring (bicyclic) bond motifs is 1. The SMILES string of the molecule is CCc1bn2ccnc2s1. The van der Waals surface area contributed by atoms with Crippen LogP contribution in [-0.4, -0.2) is 16.3 Å². The number of imidazole rings is 1. The molecule has 0 fully saturated rings. The van der Waals surface area contributed by atoms with Crippen molar-refractivity contribution in [2.24, 2.45) is 0 Å². The van der Waals surface area contributed by atoms with Gasteiger partial charge in [0.1, 0.15) is 0 Å². The Balaban J connectivity index is 2.67. The predicted molar refractivity (Wildman–Crippen MR) is 43.8 cm³/mol. The van der Waals surface area contributed by atoms with Gasteiger partial charge in [0, 0.05) is 0 Å². The summed E-state index contributed by atoms with van der Waals surface area (Å²) in [6, 6.07) is 0. The zero-order valence-electron chi connectivity index (χ0n) is 5.74. The van der Waals surface area contributed by atoms with Gasteiger partial charge in [-0.05, 0) is 0 Å². The van der Waals surface area contributed by atoms with Crippen molar-refractivity contribution < 1.29 is 0 Å². The molecule has 0 N–H and O–H groups in total. The Labute approximate surface area is 63.8 Å². The molecule has 0 saturated heterocycles. The van der Waals surface area contributed by atoms with Crippen molar-refractivity contribution in [3.63, 3.8) is 0 Å². The van der Waals surface area contributed by atoms with Gasteiger partial charge in [0.25, 0.3) is 0 Å². The van der Waals surface area contributed by atoms with Crippen LogP contribution in [0.15, 0.2) is 12.4 Å². The van der Waals surface area contributed by atoms with Crippen LogP contribution in [-0.2, 0) is 6.42 Å². The van der Waals surface area contributed by atoms with E-state index in [0.717, 1.165) is 11.4 Å². The molecule has 2 aromatic heterocycles. The number of hydrogen-bond donors (Lipinski definition) is 0. The van der Waals surface area contributed by atoms with Crippen LogP contribution < -0.4 is 0 Å². The molecular weight excluding hydrogens is 143 g/mol. The zero-order valence-corrected chi connectivity index (χ0v) is 6.56. The van der Waals surface area contributed by atoms with E-state index in [1.165, 1.54) is 4.77 Å². The van der Waals surface area contributed by atoms with Crippen LogP contribution in [0.3, 0.4) is 0 Å². The molecule has 0 unspecified atom stereocenters. The molecule has 0 aromatic carbocycles. The Bertz CT molecular complexity index is 309. The monoisotopic (exact) mass is 150 g/mol. The van der Waals surface area contributed by atoms with Crippen molar-refractivity contribution >= 4 is 23.4 Å². The second-order valence-electron chi connectivity index (χ2n) is 2.17. The first-order valence-corrected chi connectivity index (χ1v) is 4.13. The van der Waals surface area contributed by atoms with Crippen LogP contribution in [0, 0.1) is 0 Å². The van der Waals surface area contributed by atoms with E-state index >= 15 is 0 Å². The Morgan fingerprint density at radius 2 is 2.70 bits per heavy atom. The first-order chi connectivity index (χ1) is 4.90. The number of aryl methyl sites for hydroxylation is 1. The maximum absolute atomic E-state index is 4.17. The van der Waals surface area contributed by atoms with E-state index in [9.17, 15) is 0 Å². The summed E-state index contributed by atoms with van der Waals surface area (Å²) in [5, 5.41) is 0. The van der Waals surface area contributed by atoms with Gasteiger partial charge in [0.05, 0.1) is 0 Å². The Morgan fingerprint density at radius 1 is 1.80 bits per heavy atom. The molecular formula is C6H7BN2S. The topological polar surface area (TPSA) is 17.3 Å². The van der Waals surface area contributed by atoms with Gasteiger partial charge < -0.3 is 0 Å². The van der Waals surface area contributed by atoms with Gasteiger partial charge in [0.15, 0.2) is 0 Å². The van der Waals surface area contributed by atoms with Gasteiger partial charge in [-0.3, -0.25) is 0 Å². The fourth-order valence-electron chi connectivity index (χ4n) is 0.939. The molecule has 2 aromatic rings. The summed E-state index contributed by atoms with van der Waals surface area (Å²) in [5.41, 5.74) is 0. The second kappa shape index (κ2) is 2.20. The van der Waals surface area contributed by atoms with E-state index in [-0.39, 0.29) is 0 Å². The second-order valence-corrected chi connectivity index (χ2v) is 3.26. The van der Waals surface area contributed by atoms with Crippen LogP contribution >= 0.6 is 11.3 Å². The Hall–Kier alpha value is -0.635. The van der Waals surface area contributed by atoms with Crippen LogP contribution in [0.5, 0.6) is 0 Å². The number of rotatable bonds is 1. The van der Waals surface area contributed by atoms with Gasteiger partial charge in [-0.15, -0.1) is 0 Å². The maximum atomic E-state index is 4.17. The Kier molecular flexibility index (Phi) is 1.34. The van der Waals surface area contributed by atoms with Crippen LogP contribution in [0.1, 0.15) is 11.7 Å². The number of hydrogen-bond acceptors (Lipinski definition) is 2. The van der Waals surface area contributed by atoms with E-state index in [4.69, 9.17) is 0 Å². The van der Waals surface area contributed by atoms with E-state index in [0.29, 0.717) is 0 Å². The number of nitrogens with zero attached hydrogens (tertiary/aromatic N) is 2. The van der Waals surface area contributed by atoms with Gasteiger partial charge in [-0.1, -0.05) is 0 Å². The standard InChI is InChI=1S/C6H7BN2S/c1-2-5-7-9-4-3-8-6(9)10-5/h3-4H,2H2,1H3. The molecule has 50 valence electrons. The summed E-state index contributed by atoms with van der Waals surface area (Å²) in [4.78, 5) is 5.26. The number of aromatic nitrogens is 2. The average Bonchev–Trinajstić information content (AvgIpc) is 2.42. The van der Waals surface area contributed by atoms with E-state index in [2.05, 4.69) is 23.3 Å². The van der Waals surface area contributed by atoms with Crippen molar-refractivity contribution in [2.45, 2.75) is 13.3 Å². The molecule has 0 bridgehead atoms. The van der Waals surface area contributed by atoms with Crippen molar-refractivity contribution in [1.82, 2.24) is 9.29 Å². The Morgan fingerprint density at radius 3 is 3.40 bits per heavy atom. The third kappa shape index (κ3) is 0.796. The molecule has 2 heterocycles. The fraction of sp³-hybridized carbons (Fsp3) is 0.333.